The quantitative estimate of drug-likeness (QED) is 0.361. The lowest BCUT2D eigenvalue weighted by atomic mass is 10.2. The highest BCUT2D eigenvalue weighted by Crippen LogP contribution is 2.30. The van der Waals surface area contributed by atoms with Gasteiger partial charge in [-0.05, 0) is 30.0 Å². The number of fused-ring (bicyclic) bond motifs is 1. The van der Waals surface area contributed by atoms with Crippen LogP contribution in [0.2, 0.25) is 0 Å². The van der Waals surface area contributed by atoms with Crippen LogP contribution in [0.5, 0.6) is 0 Å². The number of hydrogen-bond donors (Lipinski definition) is 5. The highest BCUT2D eigenvalue weighted by molar-refractivity contribution is 8.13. The molecule has 1 aliphatic rings. The summed E-state index contributed by atoms with van der Waals surface area (Å²) in [7, 11) is 0. The van der Waals surface area contributed by atoms with E-state index in [-0.39, 0.29) is 11.7 Å². The summed E-state index contributed by atoms with van der Waals surface area (Å²) in [5.41, 5.74) is 7.29. The fourth-order valence-electron chi connectivity index (χ4n) is 1.60. The molecule has 7 N–H and O–H groups in total. The number of benzene rings is 1. The normalized spacial score (nSPS) is 16.8. The molecule has 1 atom stereocenters. The lowest BCUT2D eigenvalue weighted by molar-refractivity contribution is -0.110. The van der Waals surface area contributed by atoms with Gasteiger partial charge in [0.25, 0.3) is 5.17 Å². The fourth-order valence-corrected chi connectivity index (χ4v) is 2.12. The van der Waals surface area contributed by atoms with E-state index in [1.807, 2.05) is 0 Å². The molecule has 0 aromatic heterocycles. The van der Waals surface area contributed by atoms with Crippen LogP contribution >= 0.6 is 11.8 Å². The van der Waals surface area contributed by atoms with Crippen LogP contribution in [0.4, 0.5) is 11.4 Å². The van der Waals surface area contributed by atoms with Crippen LogP contribution in [0.25, 0.3) is 0 Å². The number of anilines is 2. The van der Waals surface area contributed by atoms with Gasteiger partial charge in [-0.25, -0.2) is 4.79 Å². The molecule has 2 rings (SSSR count). The molecule has 0 bridgehead atoms. The molecule has 0 saturated carbocycles. The second-order valence-electron chi connectivity index (χ2n) is 3.62. The van der Waals surface area contributed by atoms with Gasteiger partial charge in [0, 0.05) is 5.75 Å². The lowest BCUT2D eigenvalue weighted by Gasteiger charge is -2.09. The molecule has 1 unspecified atom stereocenters. The van der Waals surface area contributed by atoms with Gasteiger partial charge in [-0.15, -0.1) is 0 Å². The van der Waals surface area contributed by atoms with Crippen molar-refractivity contribution in [3.63, 3.8) is 0 Å². The summed E-state index contributed by atoms with van der Waals surface area (Å²) in [6, 6.07) is 4.91. The Bertz CT molecular complexity index is 477. The number of carboxylic acid groups (broad SMARTS) is 1. The Labute approximate surface area is 102 Å². The van der Waals surface area contributed by atoms with Gasteiger partial charge in [0.15, 0.2) is 0 Å². The number of aromatic carboxylic acids is 1. The molecule has 7 heteroatoms. The number of rotatable bonds is 3. The van der Waals surface area contributed by atoms with E-state index in [1.165, 1.54) is 11.8 Å². The van der Waals surface area contributed by atoms with Crippen LogP contribution in [0.3, 0.4) is 0 Å². The largest absolute Gasteiger partial charge is 0.478 e. The van der Waals surface area contributed by atoms with Crippen molar-refractivity contribution in [3.8, 4) is 0 Å². The Balaban J connectivity index is 2.06. The Morgan fingerprint density at radius 2 is 2.18 bits per heavy atom. The third-order valence-corrected chi connectivity index (χ3v) is 3.18. The summed E-state index contributed by atoms with van der Waals surface area (Å²) >= 11 is 1.34. The number of hydrogen-bond acceptors (Lipinski definition) is 4. The molecular formula is C10H13N4O2S+. The number of amidine groups is 1. The molecule has 0 spiro atoms. The second-order valence-corrected chi connectivity index (χ2v) is 4.71. The highest BCUT2D eigenvalue weighted by atomic mass is 32.2. The summed E-state index contributed by atoms with van der Waals surface area (Å²) in [5, 5.41) is 20.9. The van der Waals surface area contributed by atoms with Gasteiger partial charge < -0.3 is 15.7 Å². The lowest BCUT2D eigenvalue weighted by Crippen LogP contribution is -2.44. The first-order valence-corrected chi connectivity index (χ1v) is 5.96. The van der Waals surface area contributed by atoms with Crippen molar-refractivity contribution in [1.82, 2.24) is 0 Å². The first-order chi connectivity index (χ1) is 8.06. The standard InChI is InChI=1S/C10H12N4O2S/c11-10(12)17-4-8-13-6-2-1-5(9(15)16)3-7(6)14-8/h1-3,8,13-14H,4H2,(H3,11,12)(H,15,16)/p+1. The molecule has 0 radical (unpaired) electrons. The van der Waals surface area contributed by atoms with Gasteiger partial charge in [-0.2, -0.15) is 0 Å². The summed E-state index contributed by atoms with van der Waals surface area (Å²) in [5.74, 6) is -0.272. The summed E-state index contributed by atoms with van der Waals surface area (Å²) in [6.07, 6.45) is 0.00106. The molecule has 0 fully saturated rings. The SMILES string of the molecule is NC(=[NH2+])SCC1Nc2ccc(C(=O)O)cc2N1. The van der Waals surface area contributed by atoms with E-state index in [4.69, 9.17) is 16.2 Å². The van der Waals surface area contributed by atoms with E-state index < -0.39 is 5.97 Å². The molecule has 1 heterocycles. The van der Waals surface area contributed by atoms with Crippen molar-refractivity contribution in [2.45, 2.75) is 6.17 Å². The van der Waals surface area contributed by atoms with Gasteiger partial charge in [-0.1, -0.05) is 0 Å². The molecule has 0 saturated heterocycles. The summed E-state index contributed by atoms with van der Waals surface area (Å²) < 4.78 is 0. The van der Waals surface area contributed by atoms with Crippen molar-refractivity contribution < 1.29 is 15.3 Å². The minimum Gasteiger partial charge on any atom is -0.478 e. The highest BCUT2D eigenvalue weighted by Gasteiger charge is 2.21. The molecule has 1 aromatic rings. The zero-order valence-electron chi connectivity index (χ0n) is 8.93. The second kappa shape index (κ2) is 4.54. The van der Waals surface area contributed by atoms with E-state index in [9.17, 15) is 4.79 Å². The van der Waals surface area contributed by atoms with E-state index in [2.05, 4.69) is 10.6 Å². The fraction of sp³-hybridized carbons (Fsp3) is 0.200. The Kier molecular flexibility index (Phi) is 3.10. The smallest absolute Gasteiger partial charge is 0.335 e. The molecule has 90 valence electrons. The zero-order valence-corrected chi connectivity index (χ0v) is 9.75. The van der Waals surface area contributed by atoms with Gasteiger partial charge in [0.2, 0.25) is 0 Å². The summed E-state index contributed by atoms with van der Waals surface area (Å²) in [4.78, 5) is 10.8. The van der Waals surface area contributed by atoms with Gasteiger partial charge in [0.1, 0.15) is 6.17 Å². The van der Waals surface area contributed by atoms with E-state index in [0.29, 0.717) is 10.9 Å². The molecule has 0 aliphatic carbocycles. The Morgan fingerprint density at radius 3 is 2.82 bits per heavy atom. The van der Waals surface area contributed by atoms with Crippen LogP contribution < -0.4 is 21.8 Å². The van der Waals surface area contributed by atoms with Crippen molar-refractivity contribution >= 4 is 34.3 Å². The van der Waals surface area contributed by atoms with Crippen LogP contribution in [0, 0.1) is 0 Å². The van der Waals surface area contributed by atoms with Gasteiger partial charge >= 0.3 is 5.97 Å². The zero-order chi connectivity index (χ0) is 12.4. The predicted octanol–water partition coefficient (Wildman–Crippen LogP) is -0.645. The minimum absolute atomic E-state index is 0.00106. The third-order valence-electron chi connectivity index (χ3n) is 2.34. The number of carbonyl (C=O) groups is 1. The van der Waals surface area contributed by atoms with Crippen molar-refractivity contribution in [2.75, 3.05) is 16.4 Å². The Morgan fingerprint density at radius 1 is 1.47 bits per heavy atom. The molecule has 1 aromatic carbocycles. The van der Waals surface area contributed by atoms with Gasteiger partial charge in [-0.3, -0.25) is 11.1 Å². The topological polar surface area (TPSA) is 113 Å². The number of nitrogens with one attached hydrogen (secondary N) is 2. The van der Waals surface area contributed by atoms with E-state index >= 15 is 0 Å². The first kappa shape index (κ1) is 11.6. The van der Waals surface area contributed by atoms with Gasteiger partial charge in [0.05, 0.1) is 16.9 Å². The van der Waals surface area contributed by atoms with Crippen LogP contribution in [0.15, 0.2) is 18.2 Å². The van der Waals surface area contributed by atoms with Crippen molar-refractivity contribution in [2.24, 2.45) is 5.73 Å². The average molecular weight is 253 g/mol. The minimum atomic E-state index is -0.938. The van der Waals surface area contributed by atoms with E-state index in [0.717, 1.165) is 11.4 Å². The summed E-state index contributed by atoms with van der Waals surface area (Å²) in [6.45, 7) is 0. The molecule has 0 amide bonds. The maximum absolute atomic E-state index is 10.8. The van der Waals surface area contributed by atoms with E-state index in [1.54, 1.807) is 18.2 Å². The molecular weight excluding hydrogens is 240 g/mol. The monoisotopic (exact) mass is 253 g/mol. The maximum atomic E-state index is 10.8. The number of nitrogens with two attached hydrogens (primary N) is 2. The number of carboxylic acids is 1. The number of thioether (sulfide) groups is 1. The predicted molar refractivity (Wildman–Crippen MR) is 68.0 cm³/mol. The van der Waals surface area contributed by atoms with Crippen LogP contribution in [0.1, 0.15) is 10.4 Å². The molecule has 17 heavy (non-hydrogen) atoms. The van der Waals surface area contributed by atoms with Crippen LogP contribution in [-0.4, -0.2) is 28.2 Å². The maximum Gasteiger partial charge on any atom is 0.335 e. The van der Waals surface area contributed by atoms with Crippen molar-refractivity contribution in [1.29, 1.82) is 0 Å². The Hall–Kier alpha value is -1.89. The van der Waals surface area contributed by atoms with Crippen LogP contribution in [-0.2, 0) is 0 Å². The first-order valence-electron chi connectivity index (χ1n) is 4.97. The van der Waals surface area contributed by atoms with Crippen molar-refractivity contribution in [3.05, 3.63) is 23.8 Å². The third kappa shape index (κ3) is 2.62. The molecule has 6 nitrogen and oxygen atoms in total. The average Bonchev–Trinajstić information content (AvgIpc) is 2.67. The molecule has 1 aliphatic heterocycles.